The van der Waals surface area contributed by atoms with Crippen LogP contribution in [0.2, 0.25) is 5.02 Å². The Labute approximate surface area is 199 Å². The van der Waals surface area contributed by atoms with E-state index in [4.69, 9.17) is 11.6 Å². The second-order valence-corrected chi connectivity index (χ2v) is 10.8. The lowest BCUT2D eigenvalue weighted by atomic mass is 9.75. The number of carbonyl (C=O) groups is 1. The predicted octanol–water partition coefficient (Wildman–Crippen LogP) is 7.41. The number of hydrogen-bond acceptors (Lipinski definition) is 3. The Morgan fingerprint density at radius 1 is 1.34 bits per heavy atom. The first-order valence-electron chi connectivity index (χ1n) is 11.1. The van der Waals surface area contributed by atoms with Crippen molar-refractivity contribution in [3.05, 3.63) is 68.6 Å². The van der Waals surface area contributed by atoms with Gasteiger partial charge >= 0.3 is 0 Å². The highest BCUT2D eigenvalue weighted by atomic mass is 35.5. The summed E-state index contributed by atoms with van der Waals surface area (Å²) >= 11 is 8.30. The molecule has 174 valence electrons. The first-order valence-corrected chi connectivity index (χ1v) is 12.4. The van der Waals surface area contributed by atoms with E-state index in [-0.39, 0.29) is 29.4 Å². The number of benzene rings is 1. The molecule has 1 aromatic carbocycles. The smallest absolute Gasteiger partial charge is 0.249 e. The second kappa shape index (κ2) is 10.2. The maximum atomic E-state index is 14.0. The van der Waals surface area contributed by atoms with E-state index in [0.717, 1.165) is 39.9 Å². The van der Waals surface area contributed by atoms with Crippen LogP contribution in [0, 0.1) is 5.92 Å². The molecule has 0 radical (unpaired) electrons. The maximum absolute atomic E-state index is 14.0. The fourth-order valence-corrected chi connectivity index (χ4v) is 6.08. The van der Waals surface area contributed by atoms with Gasteiger partial charge in [0.2, 0.25) is 5.92 Å². The Bertz CT molecular complexity index is 955. The maximum Gasteiger partial charge on any atom is 0.249 e. The van der Waals surface area contributed by atoms with Gasteiger partial charge in [-0.25, -0.2) is 8.78 Å². The summed E-state index contributed by atoms with van der Waals surface area (Å²) in [7, 11) is 1.69. The minimum absolute atomic E-state index is 0.129. The number of halogens is 3. The van der Waals surface area contributed by atoms with Gasteiger partial charge in [0.05, 0.1) is 0 Å². The number of thioether (sulfide) groups is 1. The number of hydrogen-bond donors (Lipinski definition) is 1. The molecule has 32 heavy (non-hydrogen) atoms. The van der Waals surface area contributed by atoms with Crippen molar-refractivity contribution in [2.24, 2.45) is 5.92 Å². The van der Waals surface area contributed by atoms with Crippen molar-refractivity contribution in [3.63, 3.8) is 0 Å². The molecule has 0 fully saturated rings. The van der Waals surface area contributed by atoms with Gasteiger partial charge in [0.1, 0.15) is 0 Å². The molecule has 0 aromatic heterocycles. The van der Waals surface area contributed by atoms with Gasteiger partial charge in [-0.1, -0.05) is 67.0 Å². The van der Waals surface area contributed by atoms with E-state index in [0.29, 0.717) is 18.0 Å². The number of allylic oxidation sites excluding steroid dienone is 6. The van der Waals surface area contributed by atoms with Crippen LogP contribution in [0.15, 0.2) is 52.5 Å². The summed E-state index contributed by atoms with van der Waals surface area (Å²) in [5, 5.41) is 3.64. The van der Waals surface area contributed by atoms with Crippen molar-refractivity contribution >= 4 is 29.6 Å². The van der Waals surface area contributed by atoms with Crippen LogP contribution >= 0.6 is 23.4 Å². The van der Waals surface area contributed by atoms with Crippen molar-refractivity contribution in [2.45, 2.75) is 63.0 Å². The van der Waals surface area contributed by atoms with Gasteiger partial charge in [0.15, 0.2) is 6.29 Å². The molecule has 3 atom stereocenters. The molecule has 6 heteroatoms. The van der Waals surface area contributed by atoms with Gasteiger partial charge in [0.25, 0.3) is 0 Å². The van der Waals surface area contributed by atoms with E-state index in [1.165, 1.54) is 0 Å². The average Bonchev–Trinajstić information content (AvgIpc) is 3.06. The van der Waals surface area contributed by atoms with E-state index < -0.39 is 5.92 Å². The van der Waals surface area contributed by atoms with Crippen molar-refractivity contribution in [2.75, 3.05) is 13.6 Å². The number of nitrogens with one attached hydrogen (secondary N) is 1. The molecule has 3 rings (SSSR count). The van der Waals surface area contributed by atoms with Gasteiger partial charge in [-0.2, -0.15) is 0 Å². The van der Waals surface area contributed by atoms with Crippen LogP contribution in [0.4, 0.5) is 8.78 Å². The fraction of sp³-hybridized carbons (Fsp3) is 0.500. The average molecular weight is 480 g/mol. The van der Waals surface area contributed by atoms with Crippen LogP contribution in [-0.2, 0) is 10.2 Å². The third-order valence-electron chi connectivity index (χ3n) is 6.83. The zero-order chi connectivity index (χ0) is 23.5. The van der Waals surface area contributed by atoms with Crippen molar-refractivity contribution in [1.29, 1.82) is 0 Å². The number of carbonyl (C=O) groups excluding carboxylic acids is 1. The molecule has 0 amide bonds. The normalized spacial score (nSPS) is 25.9. The van der Waals surface area contributed by atoms with Crippen molar-refractivity contribution < 1.29 is 13.6 Å². The first-order chi connectivity index (χ1) is 15.1. The lowest BCUT2D eigenvalue weighted by Gasteiger charge is -2.30. The van der Waals surface area contributed by atoms with Gasteiger partial charge in [-0.15, -0.1) is 11.8 Å². The van der Waals surface area contributed by atoms with Crippen LogP contribution < -0.4 is 5.32 Å². The molecule has 3 unspecified atom stereocenters. The topological polar surface area (TPSA) is 29.1 Å². The van der Waals surface area contributed by atoms with E-state index in [1.807, 2.05) is 19.1 Å². The van der Waals surface area contributed by atoms with Crippen molar-refractivity contribution in [1.82, 2.24) is 5.32 Å². The Balaban J connectivity index is 1.67. The van der Waals surface area contributed by atoms with Crippen LogP contribution in [0.3, 0.4) is 0 Å². The molecule has 2 nitrogen and oxygen atoms in total. The molecular weight excluding hydrogens is 448 g/mol. The lowest BCUT2D eigenvalue weighted by molar-refractivity contribution is -0.104. The lowest BCUT2D eigenvalue weighted by Crippen LogP contribution is -2.23. The number of aldehydes is 1. The van der Waals surface area contributed by atoms with Crippen LogP contribution in [0.1, 0.15) is 62.8 Å². The summed E-state index contributed by atoms with van der Waals surface area (Å²) in [6, 6.07) is 6.21. The van der Waals surface area contributed by atoms with Crippen LogP contribution in [0.25, 0.3) is 0 Å². The van der Waals surface area contributed by atoms with Gasteiger partial charge in [-0.05, 0) is 49.9 Å². The summed E-state index contributed by atoms with van der Waals surface area (Å²) in [6.07, 6.45) is 7.98. The molecule has 0 bridgehead atoms. The molecule has 0 saturated carbocycles. The molecule has 2 aliphatic rings. The van der Waals surface area contributed by atoms with Crippen LogP contribution in [-0.4, -0.2) is 25.8 Å². The molecule has 1 aliphatic carbocycles. The zero-order valence-corrected chi connectivity index (χ0v) is 20.8. The largest absolute Gasteiger partial charge is 0.320 e. The molecule has 0 saturated heterocycles. The third kappa shape index (κ3) is 5.55. The third-order valence-corrected chi connectivity index (χ3v) is 8.74. The van der Waals surface area contributed by atoms with Gasteiger partial charge in [0, 0.05) is 40.0 Å². The molecule has 1 aliphatic heterocycles. The summed E-state index contributed by atoms with van der Waals surface area (Å²) in [5.41, 5.74) is 4.01. The molecular formula is C26H32ClF2NOS. The fourth-order valence-electron chi connectivity index (χ4n) is 4.28. The minimum Gasteiger partial charge on any atom is -0.320 e. The highest BCUT2D eigenvalue weighted by Crippen LogP contribution is 2.52. The van der Waals surface area contributed by atoms with Crippen LogP contribution in [0.5, 0.6) is 0 Å². The summed E-state index contributed by atoms with van der Waals surface area (Å²) < 4.78 is 27.9. The minimum atomic E-state index is -2.64. The molecule has 1 aromatic rings. The molecule has 1 N–H and O–H groups in total. The Hall–Kier alpha value is -1.43. The van der Waals surface area contributed by atoms with E-state index in [2.05, 4.69) is 43.4 Å². The molecule has 1 heterocycles. The van der Waals surface area contributed by atoms with Gasteiger partial charge < -0.3 is 5.32 Å². The quantitative estimate of drug-likeness (QED) is 0.374. The zero-order valence-electron chi connectivity index (χ0n) is 19.2. The highest BCUT2D eigenvalue weighted by molar-refractivity contribution is 8.04. The Kier molecular flexibility index (Phi) is 8.06. The van der Waals surface area contributed by atoms with E-state index >= 15 is 0 Å². The number of alkyl halides is 2. The monoisotopic (exact) mass is 479 g/mol. The van der Waals surface area contributed by atoms with E-state index in [1.54, 1.807) is 18.8 Å². The highest BCUT2D eigenvalue weighted by Gasteiger charge is 2.34. The summed E-state index contributed by atoms with van der Waals surface area (Å²) in [5.74, 6) is -2.39. The summed E-state index contributed by atoms with van der Waals surface area (Å²) in [6.45, 7) is 6.61. The SMILES string of the molecule is CNCCC(F)(F)CCC1=CCC(C)(c2ccc(C3SC(C=O)=C(C)C3C)c(Cl)c2)C=C1. The Morgan fingerprint density at radius 3 is 2.66 bits per heavy atom. The van der Waals surface area contributed by atoms with Gasteiger partial charge in [-0.3, -0.25) is 4.79 Å². The number of rotatable bonds is 9. The van der Waals surface area contributed by atoms with Crippen molar-refractivity contribution in [3.8, 4) is 0 Å². The standard InChI is InChI=1S/C26H32ClF2NOS/c1-17-18(2)24(32-23(17)16-31)21-6-5-20(15-22(21)27)25(3)10-7-19(8-11-25)9-12-26(28,29)13-14-30-4/h5-8,10,15-16,18,24,30H,9,11-14H2,1-4H3. The Morgan fingerprint density at radius 2 is 2.09 bits per heavy atom. The predicted molar refractivity (Wildman–Crippen MR) is 132 cm³/mol. The summed E-state index contributed by atoms with van der Waals surface area (Å²) in [4.78, 5) is 12.1. The second-order valence-electron chi connectivity index (χ2n) is 9.17. The molecule has 0 spiro atoms. The van der Waals surface area contributed by atoms with E-state index in [9.17, 15) is 13.6 Å². The first kappa shape index (κ1) is 25.2.